The molecule has 0 saturated carbocycles. The third-order valence-corrected chi connectivity index (χ3v) is 5.36. The van der Waals surface area contributed by atoms with Crippen LogP contribution in [-0.4, -0.2) is 68.1 Å². The molecule has 0 spiro atoms. The Balaban J connectivity index is 1.60. The second-order valence-electron chi connectivity index (χ2n) is 6.96. The van der Waals surface area contributed by atoms with Crippen LogP contribution in [0.25, 0.3) is 0 Å². The lowest BCUT2D eigenvalue weighted by molar-refractivity contribution is -0.135. The average Bonchev–Trinajstić information content (AvgIpc) is 3.15. The molecule has 2 aliphatic rings. The molecule has 3 heterocycles. The molecule has 136 valence electrons. The molecule has 2 amide bonds. The maximum absolute atomic E-state index is 12.9. The molecule has 1 aromatic heterocycles. The summed E-state index contributed by atoms with van der Waals surface area (Å²) in [5, 5.41) is 6.38. The Hall–Kier alpha value is -1.99. The fraction of sp³-hybridized carbons (Fsp3) is 0.611. The van der Waals surface area contributed by atoms with E-state index in [1.54, 1.807) is 11.1 Å². The van der Waals surface area contributed by atoms with Crippen LogP contribution >= 0.6 is 0 Å². The number of carbonyl (C=O) groups is 2. The van der Waals surface area contributed by atoms with Crippen molar-refractivity contribution in [3.8, 4) is 0 Å². The first kappa shape index (κ1) is 17.8. The van der Waals surface area contributed by atoms with Gasteiger partial charge in [-0.05, 0) is 18.6 Å². The van der Waals surface area contributed by atoms with Crippen molar-refractivity contribution in [3.63, 3.8) is 0 Å². The number of amides is 2. The summed E-state index contributed by atoms with van der Waals surface area (Å²) < 4.78 is 4.94. The number of carbonyl (C=O) groups excluding carboxylic acids is 2. The maximum atomic E-state index is 12.9. The fourth-order valence-electron chi connectivity index (χ4n) is 3.90. The zero-order valence-corrected chi connectivity index (χ0v) is 14.9. The van der Waals surface area contributed by atoms with Crippen LogP contribution in [0.5, 0.6) is 0 Å². The van der Waals surface area contributed by atoms with Gasteiger partial charge in [0, 0.05) is 64.1 Å². The summed E-state index contributed by atoms with van der Waals surface area (Å²) in [4.78, 5) is 31.2. The first-order valence-electron chi connectivity index (χ1n) is 8.73. The van der Waals surface area contributed by atoms with E-state index in [-0.39, 0.29) is 24.3 Å². The van der Waals surface area contributed by atoms with Gasteiger partial charge in [-0.3, -0.25) is 14.6 Å². The van der Waals surface area contributed by atoms with E-state index in [1.807, 2.05) is 19.1 Å². The standard InChI is InChI=1S/C18H26N4O3/c1-13-4-3-6-20-15(13)5-7-21-17(24)18-11-19-8-14(18)9-22(12-18)16(23)10-25-2/h3-4,6,14,19H,5,7-12H2,1-2H3,(H,21,24)/t14-,18-/m1/s1. The Morgan fingerprint density at radius 1 is 1.52 bits per heavy atom. The number of nitrogens with one attached hydrogen (secondary N) is 2. The Kier molecular flexibility index (Phi) is 5.34. The monoisotopic (exact) mass is 346 g/mol. The second-order valence-corrected chi connectivity index (χ2v) is 6.96. The highest BCUT2D eigenvalue weighted by Gasteiger charge is 2.55. The van der Waals surface area contributed by atoms with Gasteiger partial charge in [0.05, 0.1) is 5.41 Å². The summed E-state index contributed by atoms with van der Waals surface area (Å²) in [6, 6.07) is 3.94. The predicted octanol–water partition coefficient (Wildman–Crippen LogP) is -0.257. The molecule has 0 radical (unpaired) electrons. The average molecular weight is 346 g/mol. The lowest BCUT2D eigenvalue weighted by Gasteiger charge is -2.26. The van der Waals surface area contributed by atoms with Crippen LogP contribution in [0.3, 0.4) is 0 Å². The van der Waals surface area contributed by atoms with Gasteiger partial charge in [-0.2, -0.15) is 0 Å². The molecule has 7 nitrogen and oxygen atoms in total. The molecule has 0 aromatic carbocycles. The molecule has 2 fully saturated rings. The number of likely N-dealkylation sites (tertiary alicyclic amines) is 1. The molecular formula is C18H26N4O3. The summed E-state index contributed by atoms with van der Waals surface area (Å²) >= 11 is 0. The molecule has 2 N–H and O–H groups in total. The first-order valence-corrected chi connectivity index (χ1v) is 8.73. The zero-order chi connectivity index (χ0) is 17.9. The predicted molar refractivity (Wildman–Crippen MR) is 92.9 cm³/mol. The van der Waals surface area contributed by atoms with Gasteiger partial charge in [0.15, 0.2) is 0 Å². The Bertz CT molecular complexity index is 651. The van der Waals surface area contributed by atoms with Crippen molar-refractivity contribution in [2.75, 3.05) is 46.4 Å². The quantitative estimate of drug-likeness (QED) is 0.742. The third kappa shape index (κ3) is 3.52. The molecule has 2 aliphatic heterocycles. The number of fused-ring (bicyclic) bond motifs is 1. The van der Waals surface area contributed by atoms with Gasteiger partial charge < -0.3 is 20.3 Å². The summed E-state index contributed by atoms with van der Waals surface area (Å²) in [5.74, 6) is 0.141. The normalized spacial score (nSPS) is 25.0. The largest absolute Gasteiger partial charge is 0.375 e. The highest BCUT2D eigenvalue weighted by atomic mass is 16.5. The van der Waals surface area contributed by atoms with Gasteiger partial charge in [0.25, 0.3) is 0 Å². The highest BCUT2D eigenvalue weighted by molar-refractivity contribution is 5.86. The Morgan fingerprint density at radius 3 is 3.12 bits per heavy atom. The van der Waals surface area contributed by atoms with Crippen molar-refractivity contribution in [1.82, 2.24) is 20.5 Å². The van der Waals surface area contributed by atoms with E-state index in [0.29, 0.717) is 32.6 Å². The van der Waals surface area contributed by atoms with Crippen molar-refractivity contribution in [1.29, 1.82) is 0 Å². The number of rotatable bonds is 6. The lowest BCUT2D eigenvalue weighted by atomic mass is 9.80. The van der Waals surface area contributed by atoms with Crippen LogP contribution in [0.1, 0.15) is 11.3 Å². The summed E-state index contributed by atoms with van der Waals surface area (Å²) in [7, 11) is 1.51. The number of aryl methyl sites for hydroxylation is 1. The van der Waals surface area contributed by atoms with Crippen LogP contribution in [0, 0.1) is 18.3 Å². The molecule has 0 unspecified atom stereocenters. The van der Waals surface area contributed by atoms with Crippen molar-refractivity contribution < 1.29 is 14.3 Å². The van der Waals surface area contributed by atoms with Gasteiger partial charge >= 0.3 is 0 Å². The van der Waals surface area contributed by atoms with Crippen molar-refractivity contribution >= 4 is 11.8 Å². The fourth-order valence-corrected chi connectivity index (χ4v) is 3.90. The minimum atomic E-state index is -0.525. The summed E-state index contributed by atoms with van der Waals surface area (Å²) in [6.07, 6.45) is 2.48. The Morgan fingerprint density at radius 2 is 2.36 bits per heavy atom. The molecule has 0 bridgehead atoms. The number of hydrogen-bond donors (Lipinski definition) is 2. The van der Waals surface area contributed by atoms with E-state index in [9.17, 15) is 9.59 Å². The molecule has 2 atom stereocenters. The molecule has 1 aromatic rings. The second kappa shape index (κ2) is 7.49. The first-order chi connectivity index (χ1) is 12.1. The third-order valence-electron chi connectivity index (χ3n) is 5.36. The number of pyridine rings is 1. The Labute approximate surface area is 148 Å². The lowest BCUT2D eigenvalue weighted by Crippen LogP contribution is -2.48. The topological polar surface area (TPSA) is 83.6 Å². The van der Waals surface area contributed by atoms with E-state index < -0.39 is 5.41 Å². The molecule has 2 saturated heterocycles. The zero-order valence-electron chi connectivity index (χ0n) is 14.9. The molecule has 25 heavy (non-hydrogen) atoms. The van der Waals surface area contributed by atoms with E-state index in [4.69, 9.17) is 4.74 Å². The molecular weight excluding hydrogens is 320 g/mol. The summed E-state index contributed by atoms with van der Waals surface area (Å²) in [5.41, 5.74) is 1.61. The van der Waals surface area contributed by atoms with Gasteiger partial charge in [-0.1, -0.05) is 6.07 Å². The van der Waals surface area contributed by atoms with Crippen molar-refractivity contribution in [2.45, 2.75) is 13.3 Å². The van der Waals surface area contributed by atoms with Gasteiger partial charge in [-0.15, -0.1) is 0 Å². The van der Waals surface area contributed by atoms with Gasteiger partial charge in [0.1, 0.15) is 6.61 Å². The number of hydrogen-bond acceptors (Lipinski definition) is 5. The maximum Gasteiger partial charge on any atom is 0.248 e. The van der Waals surface area contributed by atoms with Gasteiger partial charge in [0.2, 0.25) is 11.8 Å². The van der Waals surface area contributed by atoms with Crippen LogP contribution in [0.4, 0.5) is 0 Å². The van der Waals surface area contributed by atoms with Crippen LogP contribution in [0.15, 0.2) is 18.3 Å². The molecule has 3 rings (SSSR count). The van der Waals surface area contributed by atoms with Crippen LogP contribution < -0.4 is 10.6 Å². The van der Waals surface area contributed by atoms with E-state index in [1.165, 1.54) is 7.11 Å². The SMILES string of the molecule is COCC(=O)N1C[C@H]2CNC[C@@]2(C(=O)NCCc2ncccc2C)C1. The highest BCUT2D eigenvalue weighted by Crippen LogP contribution is 2.39. The minimum Gasteiger partial charge on any atom is -0.375 e. The van der Waals surface area contributed by atoms with E-state index in [2.05, 4.69) is 15.6 Å². The summed E-state index contributed by atoms with van der Waals surface area (Å²) in [6.45, 7) is 5.10. The van der Waals surface area contributed by atoms with Gasteiger partial charge in [-0.25, -0.2) is 0 Å². The molecule has 0 aliphatic carbocycles. The number of nitrogens with zero attached hydrogens (tertiary/aromatic N) is 2. The van der Waals surface area contributed by atoms with Crippen LogP contribution in [-0.2, 0) is 20.7 Å². The van der Waals surface area contributed by atoms with Crippen LogP contribution in [0.2, 0.25) is 0 Å². The van der Waals surface area contributed by atoms with Crippen molar-refractivity contribution in [2.24, 2.45) is 11.3 Å². The minimum absolute atomic E-state index is 0.0313. The number of ether oxygens (including phenoxy) is 1. The molecule has 7 heteroatoms. The number of aromatic nitrogens is 1. The number of methoxy groups -OCH3 is 1. The van der Waals surface area contributed by atoms with E-state index in [0.717, 1.165) is 17.8 Å². The van der Waals surface area contributed by atoms with Crippen molar-refractivity contribution in [3.05, 3.63) is 29.6 Å². The van der Waals surface area contributed by atoms with E-state index >= 15 is 0 Å². The smallest absolute Gasteiger partial charge is 0.248 e.